The van der Waals surface area contributed by atoms with Crippen LogP contribution in [-0.4, -0.2) is 36.2 Å². The van der Waals surface area contributed by atoms with Crippen LogP contribution in [0.1, 0.15) is 36.1 Å². The van der Waals surface area contributed by atoms with Crippen molar-refractivity contribution in [1.29, 1.82) is 0 Å². The zero-order chi connectivity index (χ0) is 23.3. The van der Waals surface area contributed by atoms with E-state index in [4.69, 9.17) is 4.98 Å². The molecule has 0 spiro atoms. The number of anilines is 1. The molecule has 4 heterocycles. The van der Waals surface area contributed by atoms with E-state index in [0.29, 0.717) is 19.4 Å². The normalized spacial score (nSPS) is 18.9. The molecule has 0 bridgehead atoms. The number of aromatic nitrogens is 1. The van der Waals surface area contributed by atoms with E-state index in [9.17, 15) is 13.2 Å². The van der Waals surface area contributed by atoms with Gasteiger partial charge in [-0.1, -0.05) is 18.2 Å². The number of fused-ring (bicyclic) bond motifs is 2. The molecule has 10 heteroatoms. The molecule has 1 fully saturated rings. The molecule has 1 aliphatic carbocycles. The first-order valence-corrected chi connectivity index (χ1v) is 15.3. The Morgan fingerprint density at radius 1 is 1.06 bits per heavy atom. The third kappa shape index (κ3) is 3.81. The molecule has 6 rings (SSSR count). The molecule has 4 aromatic rings. The standard InChI is InChI=1S/C24H23N3O3S4/c28-22(17-9-5-13-27(17)34(29,30)20-12-6-14-31-20)26-24-21(15-7-1-3-10-18(15)32-24)23-25-16-8-2-4-11-19(16)33-23/h2,4,6,8,11-12,14,17H,1,3,5,7,9-10,13H2,(H,26,28). The molecule has 1 N–H and O–H groups in total. The van der Waals surface area contributed by atoms with Gasteiger partial charge < -0.3 is 5.32 Å². The average Bonchev–Trinajstić information content (AvgIpc) is 3.63. The Balaban J connectivity index is 1.35. The summed E-state index contributed by atoms with van der Waals surface area (Å²) in [6, 6.07) is 10.7. The quantitative estimate of drug-likeness (QED) is 0.357. The van der Waals surface area contributed by atoms with Gasteiger partial charge in [-0.2, -0.15) is 4.31 Å². The van der Waals surface area contributed by atoms with Crippen molar-refractivity contribution in [1.82, 2.24) is 9.29 Å². The van der Waals surface area contributed by atoms with Crippen LogP contribution in [0.15, 0.2) is 46.0 Å². The van der Waals surface area contributed by atoms with Gasteiger partial charge in [0.1, 0.15) is 20.3 Å². The van der Waals surface area contributed by atoms with Crippen LogP contribution in [0.2, 0.25) is 0 Å². The van der Waals surface area contributed by atoms with Crippen LogP contribution in [0.3, 0.4) is 0 Å². The Labute approximate surface area is 210 Å². The molecule has 176 valence electrons. The number of hydrogen-bond donors (Lipinski definition) is 1. The molecule has 1 atom stereocenters. The van der Waals surface area contributed by atoms with Gasteiger partial charge in [0.15, 0.2) is 0 Å². The van der Waals surface area contributed by atoms with Crippen LogP contribution in [0, 0.1) is 0 Å². The van der Waals surface area contributed by atoms with Gasteiger partial charge in [-0.3, -0.25) is 4.79 Å². The van der Waals surface area contributed by atoms with Crippen LogP contribution in [0.4, 0.5) is 5.00 Å². The fourth-order valence-electron chi connectivity index (χ4n) is 4.87. The first-order valence-electron chi connectivity index (χ1n) is 11.4. The number of sulfonamides is 1. The zero-order valence-electron chi connectivity index (χ0n) is 18.3. The molecular weight excluding hydrogens is 507 g/mol. The van der Waals surface area contributed by atoms with E-state index >= 15 is 0 Å². The van der Waals surface area contributed by atoms with Crippen LogP contribution >= 0.6 is 34.0 Å². The number of thiophene rings is 2. The lowest BCUT2D eigenvalue weighted by Crippen LogP contribution is -2.42. The van der Waals surface area contributed by atoms with E-state index in [0.717, 1.165) is 51.5 Å². The number of hydrogen-bond acceptors (Lipinski definition) is 7. The Morgan fingerprint density at radius 2 is 1.91 bits per heavy atom. The molecule has 0 radical (unpaired) electrons. The van der Waals surface area contributed by atoms with Crippen molar-refractivity contribution in [3.63, 3.8) is 0 Å². The molecule has 0 saturated carbocycles. The summed E-state index contributed by atoms with van der Waals surface area (Å²) in [4.78, 5) is 19.7. The molecular formula is C24H23N3O3S4. The summed E-state index contributed by atoms with van der Waals surface area (Å²) in [5, 5.41) is 6.62. The van der Waals surface area contributed by atoms with E-state index in [1.807, 2.05) is 18.2 Å². The number of amides is 1. The topological polar surface area (TPSA) is 79.4 Å². The number of nitrogens with zero attached hydrogens (tertiary/aromatic N) is 2. The molecule has 3 aromatic heterocycles. The smallest absolute Gasteiger partial charge is 0.253 e. The predicted molar refractivity (Wildman–Crippen MR) is 139 cm³/mol. The third-order valence-corrected chi connectivity index (χ3v) is 12.0. The van der Waals surface area contributed by atoms with Crippen LogP contribution in [-0.2, 0) is 27.7 Å². The largest absolute Gasteiger partial charge is 0.316 e. The maximum Gasteiger partial charge on any atom is 0.253 e. The van der Waals surface area contributed by atoms with Gasteiger partial charge in [0, 0.05) is 17.0 Å². The van der Waals surface area contributed by atoms with Crippen molar-refractivity contribution in [3.05, 3.63) is 52.2 Å². The highest BCUT2D eigenvalue weighted by atomic mass is 32.2. The lowest BCUT2D eigenvalue weighted by molar-refractivity contribution is -0.119. The van der Waals surface area contributed by atoms with Gasteiger partial charge in [-0.15, -0.1) is 34.0 Å². The van der Waals surface area contributed by atoms with E-state index in [2.05, 4.69) is 11.4 Å². The van der Waals surface area contributed by atoms with E-state index in [1.165, 1.54) is 26.1 Å². The van der Waals surface area contributed by atoms with E-state index in [-0.39, 0.29) is 10.1 Å². The lowest BCUT2D eigenvalue weighted by Gasteiger charge is -2.22. The Morgan fingerprint density at radius 3 is 2.74 bits per heavy atom. The van der Waals surface area contributed by atoms with Crippen molar-refractivity contribution in [2.24, 2.45) is 0 Å². The summed E-state index contributed by atoms with van der Waals surface area (Å²) in [6.07, 6.45) is 5.47. The molecule has 1 aromatic carbocycles. The van der Waals surface area contributed by atoms with Gasteiger partial charge in [-0.25, -0.2) is 13.4 Å². The minimum absolute atomic E-state index is 0.251. The molecule has 1 unspecified atom stereocenters. The fourth-order valence-corrected chi connectivity index (χ4v) is 10.0. The average molecular weight is 530 g/mol. The molecule has 1 saturated heterocycles. The van der Waals surface area contributed by atoms with Crippen molar-refractivity contribution >= 4 is 65.2 Å². The molecule has 2 aliphatic rings. The second-order valence-corrected chi connectivity index (χ2v) is 13.8. The maximum absolute atomic E-state index is 13.5. The SMILES string of the molecule is O=C(Nc1sc2c(c1-c1nc3ccccc3s1)CCCC2)C1CCCN1S(=O)(=O)c1cccs1. The number of aryl methyl sites for hydroxylation is 1. The van der Waals surface area contributed by atoms with Crippen molar-refractivity contribution in [2.75, 3.05) is 11.9 Å². The maximum atomic E-state index is 13.5. The second kappa shape index (κ2) is 8.83. The molecule has 1 amide bonds. The van der Waals surface area contributed by atoms with Crippen molar-refractivity contribution in [3.8, 4) is 10.6 Å². The third-order valence-electron chi connectivity index (χ3n) is 6.48. The summed E-state index contributed by atoms with van der Waals surface area (Å²) in [5.41, 5.74) is 3.28. The number of nitrogens with one attached hydrogen (secondary N) is 1. The minimum atomic E-state index is -3.68. The number of para-hydroxylation sites is 1. The Hall–Kier alpha value is -2.11. The first-order chi connectivity index (χ1) is 16.5. The lowest BCUT2D eigenvalue weighted by atomic mass is 9.95. The van der Waals surface area contributed by atoms with Gasteiger partial charge >= 0.3 is 0 Å². The van der Waals surface area contributed by atoms with E-state index in [1.54, 1.807) is 40.2 Å². The highest BCUT2D eigenvalue weighted by Gasteiger charge is 2.40. The number of carbonyl (C=O) groups is 1. The van der Waals surface area contributed by atoms with Crippen molar-refractivity contribution < 1.29 is 13.2 Å². The van der Waals surface area contributed by atoms with Crippen LogP contribution in [0.5, 0.6) is 0 Å². The predicted octanol–water partition coefficient (Wildman–Crippen LogP) is 5.76. The Kier molecular flexibility index (Phi) is 5.81. The zero-order valence-corrected chi connectivity index (χ0v) is 21.6. The van der Waals surface area contributed by atoms with Crippen molar-refractivity contribution in [2.45, 2.75) is 48.8 Å². The van der Waals surface area contributed by atoms with E-state index < -0.39 is 16.1 Å². The number of carbonyl (C=O) groups excluding carboxylic acids is 1. The van der Waals surface area contributed by atoms with Gasteiger partial charge in [-0.05, 0) is 67.7 Å². The fraction of sp³-hybridized carbons (Fsp3) is 0.333. The summed E-state index contributed by atoms with van der Waals surface area (Å²) in [6.45, 7) is 0.365. The molecule has 1 aliphatic heterocycles. The van der Waals surface area contributed by atoms with Crippen LogP contribution in [0.25, 0.3) is 20.8 Å². The monoisotopic (exact) mass is 529 g/mol. The summed E-state index contributed by atoms with van der Waals surface area (Å²) in [5.74, 6) is -0.251. The Bertz CT molecular complexity index is 1440. The second-order valence-electron chi connectivity index (χ2n) is 8.60. The minimum Gasteiger partial charge on any atom is -0.316 e. The molecule has 34 heavy (non-hydrogen) atoms. The number of rotatable bonds is 5. The number of benzene rings is 1. The summed E-state index contributed by atoms with van der Waals surface area (Å²) >= 11 is 4.46. The highest BCUT2D eigenvalue weighted by molar-refractivity contribution is 7.91. The number of thiazole rings is 1. The van der Waals surface area contributed by atoms with Gasteiger partial charge in [0.05, 0.1) is 10.2 Å². The van der Waals surface area contributed by atoms with Gasteiger partial charge in [0.2, 0.25) is 5.91 Å². The first kappa shape index (κ1) is 22.4. The molecule has 6 nitrogen and oxygen atoms in total. The van der Waals surface area contributed by atoms with Crippen LogP contribution < -0.4 is 5.32 Å². The highest BCUT2D eigenvalue weighted by Crippen LogP contribution is 2.46. The summed E-state index contributed by atoms with van der Waals surface area (Å²) < 4.78 is 29.1. The van der Waals surface area contributed by atoms with Gasteiger partial charge in [0.25, 0.3) is 10.0 Å². The summed E-state index contributed by atoms with van der Waals surface area (Å²) in [7, 11) is -3.68.